The Bertz CT molecular complexity index is 1360. The fraction of sp³-hybridized carbons (Fsp3) is 0.167. The average molecular weight is 488 g/mol. The van der Waals surface area contributed by atoms with Crippen molar-refractivity contribution in [3.05, 3.63) is 90.2 Å². The van der Waals surface area contributed by atoms with Crippen LogP contribution in [-0.4, -0.2) is 46.1 Å². The normalized spacial score (nSPS) is 11.8. The highest BCUT2D eigenvalue weighted by molar-refractivity contribution is 6.32. The van der Waals surface area contributed by atoms with Crippen molar-refractivity contribution in [3.63, 3.8) is 0 Å². The van der Waals surface area contributed by atoms with Crippen LogP contribution < -0.4 is 10.1 Å². The van der Waals surface area contributed by atoms with Gasteiger partial charge >= 0.3 is 0 Å². The van der Waals surface area contributed by atoms with Crippen LogP contribution in [0.3, 0.4) is 0 Å². The SMILES string of the molecule is C[C@@H](Cn1cnnn1)Oc1cc(-c2cnc(Nc3ccc(Cn4cccn4)cc3)nc2)ccc1Cl. The molecule has 0 fully saturated rings. The van der Waals surface area contributed by atoms with E-state index in [0.29, 0.717) is 23.3 Å². The Kier molecular flexibility index (Phi) is 6.62. The molecule has 0 saturated heterocycles. The zero-order chi connectivity index (χ0) is 24.0. The van der Waals surface area contributed by atoms with Gasteiger partial charge in [-0.15, -0.1) is 5.10 Å². The van der Waals surface area contributed by atoms with Crippen LogP contribution in [0.4, 0.5) is 11.6 Å². The maximum Gasteiger partial charge on any atom is 0.227 e. The van der Waals surface area contributed by atoms with Crippen molar-refractivity contribution in [3.8, 4) is 16.9 Å². The monoisotopic (exact) mass is 487 g/mol. The van der Waals surface area contributed by atoms with E-state index < -0.39 is 0 Å². The van der Waals surface area contributed by atoms with Gasteiger partial charge in [0.05, 0.1) is 18.1 Å². The van der Waals surface area contributed by atoms with Crippen LogP contribution in [0.5, 0.6) is 5.75 Å². The number of nitrogens with one attached hydrogen (secondary N) is 1. The smallest absolute Gasteiger partial charge is 0.227 e. The Morgan fingerprint density at radius 2 is 1.86 bits per heavy atom. The van der Waals surface area contributed by atoms with E-state index in [4.69, 9.17) is 16.3 Å². The third kappa shape index (κ3) is 5.79. The molecule has 176 valence electrons. The molecule has 0 bridgehead atoms. The molecule has 0 saturated carbocycles. The lowest BCUT2D eigenvalue weighted by atomic mass is 10.1. The van der Waals surface area contributed by atoms with E-state index in [1.807, 2.05) is 60.3 Å². The molecule has 2 aromatic carbocycles. The second-order valence-corrected chi connectivity index (χ2v) is 8.33. The summed E-state index contributed by atoms with van der Waals surface area (Å²) in [6, 6.07) is 15.6. The van der Waals surface area contributed by atoms with E-state index in [0.717, 1.165) is 28.9 Å². The average Bonchev–Trinajstić information content (AvgIpc) is 3.57. The molecular weight excluding hydrogens is 466 g/mol. The molecule has 11 heteroatoms. The molecule has 35 heavy (non-hydrogen) atoms. The van der Waals surface area contributed by atoms with Crippen molar-refractivity contribution >= 4 is 23.2 Å². The van der Waals surface area contributed by atoms with E-state index in [1.165, 1.54) is 0 Å². The number of ether oxygens (including phenoxy) is 1. The predicted molar refractivity (Wildman–Crippen MR) is 131 cm³/mol. The Morgan fingerprint density at radius 3 is 2.57 bits per heavy atom. The Morgan fingerprint density at radius 1 is 1.03 bits per heavy atom. The highest BCUT2D eigenvalue weighted by Gasteiger charge is 2.11. The zero-order valence-corrected chi connectivity index (χ0v) is 19.6. The Balaban J connectivity index is 1.23. The van der Waals surface area contributed by atoms with Crippen molar-refractivity contribution in [2.24, 2.45) is 0 Å². The van der Waals surface area contributed by atoms with Crippen molar-refractivity contribution in [1.29, 1.82) is 0 Å². The van der Waals surface area contributed by atoms with Gasteiger partial charge in [0.25, 0.3) is 0 Å². The molecule has 1 N–H and O–H groups in total. The highest BCUT2D eigenvalue weighted by Crippen LogP contribution is 2.31. The lowest BCUT2D eigenvalue weighted by molar-refractivity contribution is 0.193. The van der Waals surface area contributed by atoms with Gasteiger partial charge in [-0.25, -0.2) is 14.6 Å². The molecule has 0 amide bonds. The molecule has 1 atom stereocenters. The van der Waals surface area contributed by atoms with Crippen LogP contribution in [0.2, 0.25) is 5.02 Å². The third-order valence-electron chi connectivity index (χ3n) is 5.19. The lowest BCUT2D eigenvalue weighted by Crippen LogP contribution is -2.20. The van der Waals surface area contributed by atoms with E-state index in [-0.39, 0.29) is 6.10 Å². The number of hydrogen-bond acceptors (Lipinski definition) is 8. The summed E-state index contributed by atoms with van der Waals surface area (Å²) in [5.74, 6) is 1.08. The minimum Gasteiger partial charge on any atom is -0.487 e. The molecule has 5 aromatic rings. The maximum absolute atomic E-state index is 6.36. The minimum absolute atomic E-state index is 0.181. The molecule has 3 heterocycles. The van der Waals surface area contributed by atoms with Crippen LogP contribution >= 0.6 is 11.6 Å². The first kappa shape index (κ1) is 22.5. The van der Waals surface area contributed by atoms with E-state index >= 15 is 0 Å². The molecule has 0 radical (unpaired) electrons. The number of tetrazole rings is 1. The summed E-state index contributed by atoms with van der Waals surface area (Å²) in [6.45, 7) is 3.15. The fourth-order valence-corrected chi connectivity index (χ4v) is 3.66. The number of halogens is 1. The fourth-order valence-electron chi connectivity index (χ4n) is 3.50. The summed E-state index contributed by atoms with van der Waals surface area (Å²) >= 11 is 6.36. The van der Waals surface area contributed by atoms with Crippen LogP contribution in [0.25, 0.3) is 11.1 Å². The van der Waals surface area contributed by atoms with Gasteiger partial charge in [0.2, 0.25) is 5.95 Å². The first-order valence-corrected chi connectivity index (χ1v) is 11.3. The van der Waals surface area contributed by atoms with Gasteiger partial charge in [-0.1, -0.05) is 29.8 Å². The highest BCUT2D eigenvalue weighted by atomic mass is 35.5. The van der Waals surface area contributed by atoms with E-state index in [9.17, 15) is 0 Å². The summed E-state index contributed by atoms with van der Waals surface area (Å²) in [4.78, 5) is 8.92. The Labute approximate surface area is 206 Å². The van der Waals surface area contributed by atoms with Crippen molar-refractivity contribution in [1.82, 2.24) is 40.0 Å². The van der Waals surface area contributed by atoms with E-state index in [1.54, 1.807) is 35.7 Å². The summed E-state index contributed by atoms with van der Waals surface area (Å²) in [6.07, 6.45) is 8.60. The molecule has 3 aromatic heterocycles. The van der Waals surface area contributed by atoms with Crippen molar-refractivity contribution in [2.45, 2.75) is 26.1 Å². The minimum atomic E-state index is -0.181. The van der Waals surface area contributed by atoms with Gasteiger partial charge in [-0.3, -0.25) is 4.68 Å². The first-order valence-electron chi connectivity index (χ1n) is 11.0. The van der Waals surface area contributed by atoms with Crippen LogP contribution in [0.15, 0.2) is 79.6 Å². The van der Waals surface area contributed by atoms with Gasteiger partial charge in [0.1, 0.15) is 18.2 Å². The van der Waals surface area contributed by atoms with Gasteiger partial charge in [-0.2, -0.15) is 5.10 Å². The van der Waals surface area contributed by atoms with Crippen LogP contribution in [0.1, 0.15) is 12.5 Å². The molecule has 0 spiro atoms. The molecule has 10 nitrogen and oxygen atoms in total. The summed E-state index contributed by atoms with van der Waals surface area (Å²) in [5.41, 5.74) is 3.80. The number of benzene rings is 2. The standard InChI is InChI=1S/C24H22ClN9O/c1-17(14-34-16-28-31-32-34)35-23-11-19(5-8-22(23)25)20-12-26-24(27-13-20)30-21-6-3-18(4-7-21)15-33-10-2-9-29-33/h2-13,16-17H,14-15H2,1H3,(H,26,27,30)/t17-/m0/s1. The summed E-state index contributed by atoms with van der Waals surface area (Å²) in [7, 11) is 0. The Hall–Kier alpha value is -4.31. The molecule has 0 unspecified atom stereocenters. The summed E-state index contributed by atoms with van der Waals surface area (Å²) in [5, 5.41) is 19.1. The number of nitrogens with zero attached hydrogens (tertiary/aromatic N) is 8. The quantitative estimate of drug-likeness (QED) is 0.329. The third-order valence-corrected chi connectivity index (χ3v) is 5.51. The molecular formula is C24H22ClN9O. The molecule has 5 rings (SSSR count). The first-order chi connectivity index (χ1) is 17.1. The van der Waals surface area contributed by atoms with Crippen molar-refractivity contribution in [2.75, 3.05) is 5.32 Å². The molecule has 0 aliphatic rings. The van der Waals surface area contributed by atoms with Crippen LogP contribution in [-0.2, 0) is 13.1 Å². The maximum atomic E-state index is 6.36. The van der Waals surface area contributed by atoms with Gasteiger partial charge in [-0.05, 0) is 58.8 Å². The largest absolute Gasteiger partial charge is 0.487 e. The van der Waals surface area contributed by atoms with Gasteiger partial charge in [0.15, 0.2) is 0 Å². The van der Waals surface area contributed by atoms with Gasteiger partial charge in [0, 0.05) is 36.0 Å². The number of anilines is 2. The topological polar surface area (TPSA) is 108 Å². The van der Waals surface area contributed by atoms with Crippen molar-refractivity contribution < 1.29 is 4.74 Å². The number of rotatable bonds is 9. The molecule has 0 aliphatic heterocycles. The van der Waals surface area contributed by atoms with E-state index in [2.05, 4.69) is 35.9 Å². The lowest BCUT2D eigenvalue weighted by Gasteiger charge is -2.16. The van der Waals surface area contributed by atoms with Crippen LogP contribution in [0, 0.1) is 0 Å². The zero-order valence-electron chi connectivity index (χ0n) is 18.9. The summed E-state index contributed by atoms with van der Waals surface area (Å²) < 4.78 is 9.51. The second-order valence-electron chi connectivity index (χ2n) is 7.93. The number of aromatic nitrogens is 8. The predicted octanol–water partition coefficient (Wildman–Crippen LogP) is 4.24. The number of hydrogen-bond donors (Lipinski definition) is 1. The molecule has 0 aliphatic carbocycles. The van der Waals surface area contributed by atoms with Gasteiger partial charge < -0.3 is 10.1 Å². The second kappa shape index (κ2) is 10.3.